The van der Waals surface area contributed by atoms with Crippen LogP contribution < -0.4 is 11.5 Å². The number of aliphatic hydroxyl groups is 1. The van der Waals surface area contributed by atoms with Gasteiger partial charge in [-0.2, -0.15) is 0 Å². The number of anilines is 1. The Balaban J connectivity index is 2.91. The molecule has 1 atom stereocenters. The zero-order chi connectivity index (χ0) is 9.84. The van der Waals surface area contributed by atoms with Gasteiger partial charge in [0.2, 0.25) is 0 Å². The summed E-state index contributed by atoms with van der Waals surface area (Å²) in [6.45, 7) is 2.09. The summed E-state index contributed by atoms with van der Waals surface area (Å²) in [6.07, 6.45) is 0.549. The third-order valence-electron chi connectivity index (χ3n) is 2.08. The zero-order valence-electron chi connectivity index (χ0n) is 7.83. The third-order valence-corrected chi connectivity index (χ3v) is 2.08. The molecular formula is C10H16N2O. The molecule has 1 rings (SSSR count). The summed E-state index contributed by atoms with van der Waals surface area (Å²) in [5.41, 5.74) is 14.4. The van der Waals surface area contributed by atoms with Crippen LogP contribution in [0.3, 0.4) is 0 Å². The van der Waals surface area contributed by atoms with Gasteiger partial charge < -0.3 is 16.6 Å². The quantitative estimate of drug-likeness (QED) is 0.607. The molecule has 0 spiro atoms. The summed E-state index contributed by atoms with van der Waals surface area (Å²) >= 11 is 0. The lowest BCUT2D eigenvalue weighted by atomic mass is 10.0. The van der Waals surface area contributed by atoms with Gasteiger partial charge in [-0.3, -0.25) is 0 Å². The molecule has 5 N–H and O–H groups in total. The van der Waals surface area contributed by atoms with E-state index in [0.717, 1.165) is 11.1 Å². The molecule has 0 aliphatic heterocycles. The Hall–Kier alpha value is -1.06. The average Bonchev–Trinajstić information content (AvgIpc) is 2.09. The minimum absolute atomic E-state index is 0.0918. The second-order valence-electron chi connectivity index (χ2n) is 3.25. The number of aliphatic hydroxyl groups excluding tert-OH is 1. The molecule has 1 aromatic rings. The van der Waals surface area contributed by atoms with Crippen molar-refractivity contribution in [2.45, 2.75) is 19.4 Å². The van der Waals surface area contributed by atoms with Crippen LogP contribution in [0.25, 0.3) is 0 Å². The van der Waals surface area contributed by atoms with Gasteiger partial charge >= 0.3 is 0 Å². The molecule has 0 radical (unpaired) electrons. The molecule has 0 aliphatic rings. The van der Waals surface area contributed by atoms with Crippen molar-refractivity contribution in [3.63, 3.8) is 0 Å². The van der Waals surface area contributed by atoms with E-state index in [9.17, 15) is 0 Å². The normalized spacial score (nSPS) is 12.8. The van der Waals surface area contributed by atoms with Gasteiger partial charge in [0.1, 0.15) is 0 Å². The van der Waals surface area contributed by atoms with Crippen LogP contribution in [-0.4, -0.2) is 11.7 Å². The Morgan fingerprint density at radius 1 is 1.46 bits per heavy atom. The van der Waals surface area contributed by atoms with Crippen molar-refractivity contribution in [2.24, 2.45) is 5.73 Å². The summed E-state index contributed by atoms with van der Waals surface area (Å²) < 4.78 is 0. The summed E-state index contributed by atoms with van der Waals surface area (Å²) in [5.74, 6) is 0. The summed E-state index contributed by atoms with van der Waals surface area (Å²) in [7, 11) is 0. The topological polar surface area (TPSA) is 72.3 Å². The van der Waals surface area contributed by atoms with Crippen LogP contribution in [0.4, 0.5) is 5.69 Å². The van der Waals surface area contributed by atoms with E-state index in [1.54, 1.807) is 0 Å². The Labute approximate surface area is 78.4 Å². The van der Waals surface area contributed by atoms with Crippen molar-refractivity contribution in [3.8, 4) is 0 Å². The van der Waals surface area contributed by atoms with E-state index in [-0.39, 0.29) is 12.6 Å². The smallest absolute Gasteiger partial charge is 0.0449 e. The van der Waals surface area contributed by atoms with E-state index in [1.165, 1.54) is 0 Å². The van der Waals surface area contributed by atoms with Crippen LogP contribution in [0.1, 0.15) is 23.6 Å². The van der Waals surface area contributed by atoms with E-state index in [2.05, 4.69) is 0 Å². The van der Waals surface area contributed by atoms with E-state index < -0.39 is 0 Å². The number of hydrogen-bond acceptors (Lipinski definition) is 3. The van der Waals surface area contributed by atoms with Crippen LogP contribution in [0, 0.1) is 6.92 Å². The molecule has 1 unspecified atom stereocenters. The Morgan fingerprint density at radius 3 is 2.77 bits per heavy atom. The minimum atomic E-state index is -0.162. The molecular weight excluding hydrogens is 164 g/mol. The SMILES string of the molecule is Cc1ccc(N)c(C(N)CCO)c1. The monoisotopic (exact) mass is 180 g/mol. The van der Waals surface area contributed by atoms with Gasteiger partial charge in [-0.05, 0) is 25.0 Å². The fraction of sp³-hybridized carbons (Fsp3) is 0.400. The van der Waals surface area contributed by atoms with E-state index in [0.29, 0.717) is 12.1 Å². The first-order valence-electron chi connectivity index (χ1n) is 4.37. The third kappa shape index (κ3) is 2.44. The molecule has 3 heteroatoms. The summed E-state index contributed by atoms with van der Waals surface area (Å²) in [6, 6.07) is 5.60. The lowest BCUT2D eigenvalue weighted by Crippen LogP contribution is -2.14. The molecule has 0 saturated heterocycles. The highest BCUT2D eigenvalue weighted by molar-refractivity contribution is 5.49. The van der Waals surface area contributed by atoms with Crippen molar-refractivity contribution >= 4 is 5.69 Å². The van der Waals surface area contributed by atoms with Gasteiger partial charge in [0.15, 0.2) is 0 Å². The van der Waals surface area contributed by atoms with Gasteiger partial charge in [0.05, 0.1) is 0 Å². The standard InChI is InChI=1S/C10H16N2O/c1-7-2-3-9(11)8(6-7)10(12)4-5-13/h2-3,6,10,13H,4-5,11-12H2,1H3. The van der Waals surface area contributed by atoms with Crippen LogP contribution in [0.5, 0.6) is 0 Å². The highest BCUT2D eigenvalue weighted by Crippen LogP contribution is 2.21. The van der Waals surface area contributed by atoms with Crippen LogP contribution in [0.2, 0.25) is 0 Å². The Kier molecular flexibility index (Phi) is 3.28. The number of nitrogen functional groups attached to an aromatic ring is 1. The Bertz CT molecular complexity index is 286. The number of aryl methyl sites for hydroxylation is 1. The fourth-order valence-electron chi connectivity index (χ4n) is 1.31. The summed E-state index contributed by atoms with van der Waals surface area (Å²) in [5, 5.41) is 8.74. The molecule has 0 fully saturated rings. The largest absolute Gasteiger partial charge is 0.398 e. The van der Waals surface area contributed by atoms with Gasteiger partial charge in [-0.25, -0.2) is 0 Å². The molecule has 0 saturated carbocycles. The van der Waals surface area contributed by atoms with Gasteiger partial charge in [0, 0.05) is 18.3 Å². The van der Waals surface area contributed by atoms with Gasteiger partial charge in [-0.1, -0.05) is 17.7 Å². The molecule has 0 heterocycles. The molecule has 0 bridgehead atoms. The van der Waals surface area contributed by atoms with Crippen molar-refractivity contribution in [1.29, 1.82) is 0 Å². The predicted octanol–water partition coefficient (Wildman–Crippen LogP) is 0.959. The van der Waals surface area contributed by atoms with Crippen molar-refractivity contribution in [2.75, 3.05) is 12.3 Å². The first kappa shape index (κ1) is 10.0. The minimum Gasteiger partial charge on any atom is -0.398 e. The van der Waals surface area contributed by atoms with Gasteiger partial charge in [-0.15, -0.1) is 0 Å². The molecule has 0 amide bonds. The molecule has 0 aromatic heterocycles. The second-order valence-corrected chi connectivity index (χ2v) is 3.25. The maximum Gasteiger partial charge on any atom is 0.0449 e. The highest BCUT2D eigenvalue weighted by Gasteiger charge is 2.08. The molecule has 1 aromatic carbocycles. The van der Waals surface area contributed by atoms with Crippen molar-refractivity contribution in [3.05, 3.63) is 29.3 Å². The lowest BCUT2D eigenvalue weighted by molar-refractivity contribution is 0.276. The molecule has 3 nitrogen and oxygen atoms in total. The van der Waals surface area contributed by atoms with E-state index in [4.69, 9.17) is 16.6 Å². The number of rotatable bonds is 3. The summed E-state index contributed by atoms with van der Waals surface area (Å²) in [4.78, 5) is 0. The first-order valence-corrected chi connectivity index (χ1v) is 4.37. The number of nitrogens with two attached hydrogens (primary N) is 2. The lowest BCUT2D eigenvalue weighted by Gasteiger charge is -2.13. The van der Waals surface area contributed by atoms with E-state index >= 15 is 0 Å². The van der Waals surface area contributed by atoms with Crippen LogP contribution >= 0.6 is 0 Å². The fourth-order valence-corrected chi connectivity index (χ4v) is 1.31. The average molecular weight is 180 g/mol. The molecule has 72 valence electrons. The van der Waals surface area contributed by atoms with Crippen LogP contribution in [0.15, 0.2) is 18.2 Å². The second kappa shape index (κ2) is 4.25. The van der Waals surface area contributed by atoms with Crippen LogP contribution in [-0.2, 0) is 0 Å². The van der Waals surface area contributed by atoms with E-state index in [1.807, 2.05) is 25.1 Å². The Morgan fingerprint density at radius 2 is 2.15 bits per heavy atom. The highest BCUT2D eigenvalue weighted by atomic mass is 16.3. The molecule has 0 aliphatic carbocycles. The van der Waals surface area contributed by atoms with Gasteiger partial charge in [0.25, 0.3) is 0 Å². The first-order chi connectivity index (χ1) is 6.15. The number of hydrogen-bond donors (Lipinski definition) is 3. The maximum atomic E-state index is 8.74. The molecule has 13 heavy (non-hydrogen) atoms. The predicted molar refractivity (Wildman–Crippen MR) is 54.2 cm³/mol. The maximum absolute atomic E-state index is 8.74. The van der Waals surface area contributed by atoms with Crippen molar-refractivity contribution in [1.82, 2.24) is 0 Å². The number of benzene rings is 1. The zero-order valence-corrected chi connectivity index (χ0v) is 7.83. The van der Waals surface area contributed by atoms with Crippen molar-refractivity contribution < 1.29 is 5.11 Å².